The van der Waals surface area contributed by atoms with Crippen LogP contribution in [0, 0.1) is 0 Å². The van der Waals surface area contributed by atoms with Gasteiger partial charge in [-0.2, -0.15) is 0 Å². The fourth-order valence-corrected chi connectivity index (χ4v) is 1.85. The molecule has 2 rings (SSSR count). The second-order valence-electron chi connectivity index (χ2n) is 5.88. The number of hydrogen-bond acceptors (Lipinski definition) is 5. The average molecular weight is 315 g/mol. The Balaban J connectivity index is 2.01. The number of aromatic nitrogens is 1. The van der Waals surface area contributed by atoms with Crippen LogP contribution in [0.1, 0.15) is 20.8 Å². The maximum Gasteiger partial charge on any atom is 0.412 e. The van der Waals surface area contributed by atoms with Crippen molar-refractivity contribution < 1.29 is 14.3 Å². The minimum absolute atomic E-state index is 0.510. The van der Waals surface area contributed by atoms with Gasteiger partial charge in [-0.15, -0.1) is 0 Å². The van der Waals surface area contributed by atoms with Crippen molar-refractivity contribution >= 4 is 23.3 Å². The zero-order valence-electron chi connectivity index (χ0n) is 13.7. The van der Waals surface area contributed by atoms with Crippen LogP contribution in [0.2, 0.25) is 0 Å². The van der Waals surface area contributed by atoms with Crippen LogP contribution in [0.25, 0.3) is 0 Å². The number of anilines is 3. The summed E-state index contributed by atoms with van der Waals surface area (Å²) in [6, 6.07) is 11.1. The second-order valence-corrected chi connectivity index (χ2v) is 5.88. The Hall–Kier alpha value is -2.76. The second kappa shape index (κ2) is 7.00. The van der Waals surface area contributed by atoms with Crippen LogP contribution in [0.5, 0.6) is 5.75 Å². The molecule has 2 aromatic rings. The van der Waals surface area contributed by atoms with Crippen molar-refractivity contribution in [2.75, 3.05) is 17.7 Å². The molecule has 0 bridgehead atoms. The van der Waals surface area contributed by atoms with Crippen molar-refractivity contribution in [1.82, 2.24) is 4.98 Å². The first-order chi connectivity index (χ1) is 10.9. The van der Waals surface area contributed by atoms with Crippen LogP contribution in [-0.4, -0.2) is 23.8 Å². The van der Waals surface area contributed by atoms with Crippen LogP contribution in [0.3, 0.4) is 0 Å². The third-order valence-corrected chi connectivity index (χ3v) is 2.78. The molecule has 0 radical (unpaired) electrons. The van der Waals surface area contributed by atoms with Gasteiger partial charge < -0.3 is 14.8 Å². The monoisotopic (exact) mass is 315 g/mol. The minimum atomic E-state index is -0.539. The molecule has 0 saturated heterocycles. The highest BCUT2D eigenvalue weighted by Crippen LogP contribution is 2.26. The lowest BCUT2D eigenvalue weighted by molar-refractivity contribution is 0.0636. The van der Waals surface area contributed by atoms with Crippen molar-refractivity contribution in [2.24, 2.45) is 0 Å². The Labute approximate surface area is 135 Å². The van der Waals surface area contributed by atoms with Gasteiger partial charge in [0.05, 0.1) is 24.7 Å². The van der Waals surface area contributed by atoms with Gasteiger partial charge in [0.1, 0.15) is 17.2 Å². The molecule has 1 aromatic carbocycles. The topological polar surface area (TPSA) is 72.5 Å². The number of benzene rings is 1. The molecule has 0 atom stereocenters. The van der Waals surface area contributed by atoms with Gasteiger partial charge in [0.2, 0.25) is 0 Å². The molecule has 0 unspecified atom stereocenters. The Bertz CT molecular complexity index is 664. The molecule has 0 aliphatic carbocycles. The first-order valence-corrected chi connectivity index (χ1v) is 7.23. The zero-order valence-corrected chi connectivity index (χ0v) is 13.7. The molecule has 6 heteroatoms. The summed E-state index contributed by atoms with van der Waals surface area (Å²) in [5, 5.41) is 5.80. The zero-order chi connectivity index (χ0) is 16.9. The molecule has 23 heavy (non-hydrogen) atoms. The summed E-state index contributed by atoms with van der Waals surface area (Å²) >= 11 is 0. The summed E-state index contributed by atoms with van der Waals surface area (Å²) in [5.41, 5.74) is 0.836. The Morgan fingerprint density at radius 2 is 1.87 bits per heavy atom. The molecular formula is C17H21N3O3. The summed E-state index contributed by atoms with van der Waals surface area (Å²) in [6.45, 7) is 5.43. The number of methoxy groups -OCH3 is 1. The standard InChI is InChI=1S/C17H21N3O3/c1-17(2,3)23-16(21)19-12-9-10-15(18-11-12)20-13-7-5-6-8-14(13)22-4/h5-11H,1-4H3,(H,18,20)(H,19,21). The number of carbonyl (C=O) groups is 1. The third kappa shape index (κ3) is 5.18. The third-order valence-electron chi connectivity index (χ3n) is 2.78. The Kier molecular flexibility index (Phi) is 5.05. The lowest BCUT2D eigenvalue weighted by Gasteiger charge is -2.19. The van der Waals surface area contributed by atoms with E-state index in [1.54, 1.807) is 25.4 Å². The van der Waals surface area contributed by atoms with Crippen LogP contribution in [-0.2, 0) is 4.74 Å². The van der Waals surface area contributed by atoms with Gasteiger partial charge in [-0.1, -0.05) is 12.1 Å². The first-order valence-electron chi connectivity index (χ1n) is 7.23. The normalized spacial score (nSPS) is 10.8. The summed E-state index contributed by atoms with van der Waals surface area (Å²) in [6.07, 6.45) is 1.05. The van der Waals surface area contributed by atoms with Gasteiger partial charge in [0.25, 0.3) is 0 Å². The molecule has 0 spiro atoms. The molecule has 0 fully saturated rings. The van der Waals surface area contributed by atoms with Crippen LogP contribution < -0.4 is 15.4 Å². The van der Waals surface area contributed by atoms with Crippen LogP contribution in [0.15, 0.2) is 42.6 Å². The smallest absolute Gasteiger partial charge is 0.412 e. The summed E-state index contributed by atoms with van der Waals surface area (Å²) in [5.74, 6) is 1.37. The number of hydrogen-bond donors (Lipinski definition) is 2. The van der Waals surface area contributed by atoms with E-state index in [-0.39, 0.29) is 0 Å². The number of nitrogens with zero attached hydrogens (tertiary/aromatic N) is 1. The van der Waals surface area contributed by atoms with E-state index >= 15 is 0 Å². The van der Waals surface area contributed by atoms with E-state index < -0.39 is 11.7 Å². The van der Waals surface area contributed by atoms with Crippen LogP contribution >= 0.6 is 0 Å². The number of para-hydroxylation sites is 2. The molecular weight excluding hydrogens is 294 g/mol. The highest BCUT2D eigenvalue weighted by molar-refractivity contribution is 5.84. The van der Waals surface area contributed by atoms with Gasteiger partial charge in [-0.3, -0.25) is 5.32 Å². The van der Waals surface area contributed by atoms with Gasteiger partial charge in [-0.05, 0) is 45.0 Å². The molecule has 1 amide bonds. The number of pyridine rings is 1. The molecule has 0 saturated carbocycles. The van der Waals surface area contributed by atoms with Crippen LogP contribution in [0.4, 0.5) is 22.0 Å². The van der Waals surface area contributed by atoms with E-state index in [1.807, 2.05) is 45.0 Å². The van der Waals surface area contributed by atoms with E-state index in [1.165, 1.54) is 0 Å². The SMILES string of the molecule is COc1ccccc1Nc1ccc(NC(=O)OC(C)(C)C)cn1. The van der Waals surface area contributed by atoms with Crippen molar-refractivity contribution in [2.45, 2.75) is 26.4 Å². The fraction of sp³-hybridized carbons (Fsp3) is 0.294. The van der Waals surface area contributed by atoms with E-state index in [2.05, 4.69) is 15.6 Å². The number of rotatable bonds is 4. The summed E-state index contributed by atoms with van der Waals surface area (Å²) in [7, 11) is 1.61. The molecule has 122 valence electrons. The molecule has 1 heterocycles. The number of amides is 1. The molecule has 1 aromatic heterocycles. The highest BCUT2D eigenvalue weighted by Gasteiger charge is 2.16. The first kappa shape index (κ1) is 16.6. The molecule has 6 nitrogen and oxygen atoms in total. The average Bonchev–Trinajstić information content (AvgIpc) is 2.48. The minimum Gasteiger partial charge on any atom is -0.495 e. The highest BCUT2D eigenvalue weighted by atomic mass is 16.6. The van der Waals surface area contributed by atoms with Crippen molar-refractivity contribution in [3.8, 4) is 5.75 Å². The van der Waals surface area contributed by atoms with E-state index in [4.69, 9.17) is 9.47 Å². The van der Waals surface area contributed by atoms with Gasteiger partial charge in [0, 0.05) is 0 Å². The summed E-state index contributed by atoms with van der Waals surface area (Å²) in [4.78, 5) is 16.0. The lowest BCUT2D eigenvalue weighted by atomic mass is 10.2. The lowest BCUT2D eigenvalue weighted by Crippen LogP contribution is -2.27. The number of carbonyl (C=O) groups excluding carboxylic acids is 1. The van der Waals surface area contributed by atoms with E-state index in [0.717, 1.165) is 11.4 Å². The van der Waals surface area contributed by atoms with Crippen molar-refractivity contribution in [1.29, 1.82) is 0 Å². The quantitative estimate of drug-likeness (QED) is 0.885. The summed E-state index contributed by atoms with van der Waals surface area (Å²) < 4.78 is 10.5. The molecule has 2 N–H and O–H groups in total. The number of ether oxygens (including phenoxy) is 2. The largest absolute Gasteiger partial charge is 0.495 e. The Morgan fingerprint density at radius 3 is 2.48 bits per heavy atom. The van der Waals surface area contributed by atoms with Crippen molar-refractivity contribution in [3.05, 3.63) is 42.6 Å². The maximum absolute atomic E-state index is 11.7. The van der Waals surface area contributed by atoms with Crippen molar-refractivity contribution in [3.63, 3.8) is 0 Å². The van der Waals surface area contributed by atoms with Gasteiger partial charge >= 0.3 is 6.09 Å². The van der Waals surface area contributed by atoms with Gasteiger partial charge in [0.15, 0.2) is 0 Å². The van der Waals surface area contributed by atoms with E-state index in [9.17, 15) is 4.79 Å². The number of nitrogens with one attached hydrogen (secondary N) is 2. The Morgan fingerprint density at radius 1 is 1.13 bits per heavy atom. The molecule has 0 aliphatic rings. The maximum atomic E-state index is 11.7. The van der Waals surface area contributed by atoms with Gasteiger partial charge in [-0.25, -0.2) is 9.78 Å². The molecule has 0 aliphatic heterocycles. The predicted molar refractivity (Wildman–Crippen MR) is 90.4 cm³/mol. The predicted octanol–water partition coefficient (Wildman–Crippen LogP) is 4.18. The fourth-order valence-electron chi connectivity index (χ4n) is 1.85. The van der Waals surface area contributed by atoms with E-state index in [0.29, 0.717) is 11.5 Å².